The van der Waals surface area contributed by atoms with Crippen molar-refractivity contribution in [2.45, 2.75) is 18.0 Å². The van der Waals surface area contributed by atoms with Crippen LogP contribution in [0, 0.1) is 0 Å². The van der Waals surface area contributed by atoms with E-state index in [0.29, 0.717) is 19.2 Å². The van der Waals surface area contributed by atoms with Gasteiger partial charge in [-0.05, 0) is 24.7 Å². The monoisotopic (exact) mass is 330 g/mol. The van der Waals surface area contributed by atoms with Gasteiger partial charge >= 0.3 is 6.18 Å². The summed E-state index contributed by atoms with van der Waals surface area (Å²) < 4.78 is 64.4. The summed E-state index contributed by atoms with van der Waals surface area (Å²) in [5, 5.41) is 2.68. The van der Waals surface area contributed by atoms with Gasteiger partial charge in [0, 0.05) is 18.1 Å². The minimum Gasteiger partial charge on any atom is -0.316 e. The SMILES string of the molecule is CCNCCNS(=O)(=O)c1ccc(Cl)cc1C(F)(F)F. The van der Waals surface area contributed by atoms with Crippen molar-refractivity contribution in [2.75, 3.05) is 19.6 Å². The highest BCUT2D eigenvalue weighted by Crippen LogP contribution is 2.35. The van der Waals surface area contributed by atoms with Crippen molar-refractivity contribution in [3.8, 4) is 0 Å². The molecule has 4 nitrogen and oxygen atoms in total. The number of hydrogen-bond acceptors (Lipinski definition) is 3. The minimum atomic E-state index is -4.79. The van der Waals surface area contributed by atoms with E-state index in [2.05, 4.69) is 10.0 Å². The Balaban J connectivity index is 3.06. The number of nitrogens with one attached hydrogen (secondary N) is 2. The van der Waals surface area contributed by atoms with Gasteiger partial charge < -0.3 is 5.32 Å². The molecule has 0 aromatic heterocycles. The molecule has 0 saturated carbocycles. The van der Waals surface area contributed by atoms with Crippen LogP contribution in [0.25, 0.3) is 0 Å². The number of alkyl halides is 3. The zero-order chi connectivity index (χ0) is 15.4. The zero-order valence-corrected chi connectivity index (χ0v) is 12.2. The molecule has 0 fully saturated rings. The molecule has 0 saturated heterocycles. The summed E-state index contributed by atoms with van der Waals surface area (Å²) in [5.74, 6) is 0. The first kappa shape index (κ1) is 17.2. The highest BCUT2D eigenvalue weighted by atomic mass is 35.5. The first-order valence-corrected chi connectivity index (χ1v) is 7.61. The lowest BCUT2D eigenvalue weighted by Gasteiger charge is -2.14. The quantitative estimate of drug-likeness (QED) is 0.787. The highest BCUT2D eigenvalue weighted by Gasteiger charge is 2.37. The molecule has 1 rings (SSSR count). The number of rotatable bonds is 6. The smallest absolute Gasteiger partial charge is 0.316 e. The molecular weight excluding hydrogens is 317 g/mol. The lowest BCUT2D eigenvalue weighted by Crippen LogP contribution is -2.32. The summed E-state index contributed by atoms with van der Waals surface area (Å²) in [4.78, 5) is -0.828. The Labute approximate surface area is 120 Å². The molecule has 1 aromatic carbocycles. The summed E-state index contributed by atoms with van der Waals surface area (Å²) in [5.41, 5.74) is -1.28. The summed E-state index contributed by atoms with van der Waals surface area (Å²) in [6, 6.07) is 2.55. The van der Waals surface area contributed by atoms with Crippen LogP contribution < -0.4 is 10.0 Å². The molecule has 0 aliphatic rings. The van der Waals surface area contributed by atoms with Crippen LogP contribution in [-0.4, -0.2) is 28.1 Å². The van der Waals surface area contributed by atoms with Crippen LogP contribution in [0.5, 0.6) is 0 Å². The van der Waals surface area contributed by atoms with Gasteiger partial charge in [-0.3, -0.25) is 0 Å². The summed E-state index contributed by atoms with van der Waals surface area (Å²) in [6.07, 6.45) is -4.79. The average molecular weight is 331 g/mol. The molecule has 0 aliphatic heterocycles. The molecular formula is C11H14ClF3N2O2S. The number of benzene rings is 1. The molecule has 0 amide bonds. The standard InChI is InChI=1S/C11H14ClF3N2O2S/c1-2-16-5-6-17-20(18,19)10-4-3-8(12)7-9(10)11(13,14)15/h3-4,7,16-17H,2,5-6H2,1H3. The second-order valence-electron chi connectivity index (χ2n) is 3.89. The van der Waals surface area contributed by atoms with Crippen molar-refractivity contribution < 1.29 is 21.6 Å². The van der Waals surface area contributed by atoms with Gasteiger partial charge in [-0.15, -0.1) is 0 Å². The van der Waals surface area contributed by atoms with Gasteiger partial charge in [-0.1, -0.05) is 18.5 Å². The fourth-order valence-corrected chi connectivity index (χ4v) is 2.90. The number of sulfonamides is 1. The van der Waals surface area contributed by atoms with E-state index in [1.807, 2.05) is 6.92 Å². The van der Waals surface area contributed by atoms with E-state index in [0.717, 1.165) is 12.1 Å². The van der Waals surface area contributed by atoms with Crippen LogP contribution in [0.15, 0.2) is 23.1 Å². The first-order chi connectivity index (χ1) is 9.18. The lowest BCUT2D eigenvalue weighted by molar-refractivity contribution is -0.139. The molecule has 114 valence electrons. The summed E-state index contributed by atoms with van der Waals surface area (Å²) in [6.45, 7) is 2.78. The van der Waals surface area contributed by atoms with Crippen LogP contribution in [0.4, 0.5) is 13.2 Å². The van der Waals surface area contributed by atoms with Gasteiger partial charge in [0.25, 0.3) is 0 Å². The Morgan fingerprint density at radius 1 is 1.25 bits per heavy atom. The van der Waals surface area contributed by atoms with Crippen molar-refractivity contribution in [3.05, 3.63) is 28.8 Å². The van der Waals surface area contributed by atoms with Crippen LogP contribution in [0.3, 0.4) is 0 Å². The van der Waals surface area contributed by atoms with Crippen LogP contribution in [0.1, 0.15) is 12.5 Å². The van der Waals surface area contributed by atoms with E-state index in [1.165, 1.54) is 0 Å². The molecule has 1 aromatic rings. The van der Waals surface area contributed by atoms with E-state index in [9.17, 15) is 21.6 Å². The first-order valence-electron chi connectivity index (χ1n) is 5.75. The van der Waals surface area contributed by atoms with Gasteiger partial charge in [0.1, 0.15) is 0 Å². The molecule has 0 aliphatic carbocycles. The topological polar surface area (TPSA) is 58.2 Å². The molecule has 20 heavy (non-hydrogen) atoms. The van der Waals surface area contributed by atoms with Gasteiger partial charge in [0.2, 0.25) is 10.0 Å². The Morgan fingerprint density at radius 2 is 1.90 bits per heavy atom. The fraction of sp³-hybridized carbons (Fsp3) is 0.455. The van der Waals surface area contributed by atoms with Gasteiger partial charge in [-0.25, -0.2) is 13.1 Å². The second kappa shape index (κ2) is 6.75. The maximum Gasteiger partial charge on any atom is 0.417 e. The van der Waals surface area contributed by atoms with Crippen molar-refractivity contribution in [1.82, 2.24) is 10.0 Å². The molecule has 0 atom stereocenters. The Morgan fingerprint density at radius 3 is 2.45 bits per heavy atom. The molecule has 0 heterocycles. The van der Waals surface area contributed by atoms with Crippen molar-refractivity contribution in [2.24, 2.45) is 0 Å². The predicted molar refractivity (Wildman–Crippen MR) is 70.2 cm³/mol. The summed E-state index contributed by atoms with van der Waals surface area (Å²) >= 11 is 5.49. The third-order valence-electron chi connectivity index (χ3n) is 2.38. The normalized spacial score (nSPS) is 12.7. The molecule has 0 unspecified atom stereocenters. The third-order valence-corrected chi connectivity index (χ3v) is 4.13. The predicted octanol–water partition coefficient (Wildman–Crippen LogP) is 2.25. The average Bonchev–Trinajstić information content (AvgIpc) is 2.33. The number of hydrogen-bond donors (Lipinski definition) is 2. The van der Waals surface area contributed by atoms with E-state index >= 15 is 0 Å². The third kappa shape index (κ3) is 4.62. The van der Waals surface area contributed by atoms with E-state index in [-0.39, 0.29) is 11.6 Å². The molecule has 9 heteroatoms. The van der Waals surface area contributed by atoms with Gasteiger partial charge in [-0.2, -0.15) is 13.2 Å². The maximum absolute atomic E-state index is 12.8. The van der Waals surface area contributed by atoms with E-state index < -0.39 is 26.7 Å². The largest absolute Gasteiger partial charge is 0.417 e. The number of halogens is 4. The van der Waals surface area contributed by atoms with Crippen LogP contribution in [-0.2, 0) is 16.2 Å². The van der Waals surface area contributed by atoms with Crippen molar-refractivity contribution in [3.63, 3.8) is 0 Å². The highest BCUT2D eigenvalue weighted by molar-refractivity contribution is 7.89. The second-order valence-corrected chi connectivity index (χ2v) is 6.06. The molecule has 0 radical (unpaired) electrons. The zero-order valence-electron chi connectivity index (χ0n) is 10.6. The lowest BCUT2D eigenvalue weighted by atomic mass is 10.2. The van der Waals surface area contributed by atoms with E-state index in [1.54, 1.807) is 0 Å². The molecule has 0 spiro atoms. The van der Waals surface area contributed by atoms with Gasteiger partial charge in [0.05, 0.1) is 10.5 Å². The van der Waals surface area contributed by atoms with E-state index in [4.69, 9.17) is 11.6 Å². The number of likely N-dealkylation sites (N-methyl/N-ethyl adjacent to an activating group) is 1. The van der Waals surface area contributed by atoms with Crippen LogP contribution in [0.2, 0.25) is 5.02 Å². The fourth-order valence-electron chi connectivity index (χ4n) is 1.49. The maximum atomic E-state index is 12.8. The Kier molecular flexibility index (Phi) is 5.81. The van der Waals surface area contributed by atoms with Gasteiger partial charge in [0.15, 0.2) is 0 Å². The minimum absolute atomic E-state index is 0.00387. The Bertz CT molecular complexity index is 561. The van der Waals surface area contributed by atoms with Crippen LogP contribution >= 0.6 is 11.6 Å². The van der Waals surface area contributed by atoms with Crippen molar-refractivity contribution in [1.29, 1.82) is 0 Å². The summed E-state index contributed by atoms with van der Waals surface area (Å²) in [7, 11) is -4.24. The Hall–Kier alpha value is -0.830. The molecule has 2 N–H and O–H groups in total. The molecule has 0 bridgehead atoms. The van der Waals surface area contributed by atoms with Crippen molar-refractivity contribution >= 4 is 21.6 Å².